The highest BCUT2D eigenvalue weighted by atomic mass is 32.2. The van der Waals surface area contributed by atoms with E-state index in [2.05, 4.69) is 21.2 Å². The average Bonchev–Trinajstić information content (AvgIpc) is 2.80. The van der Waals surface area contributed by atoms with Crippen molar-refractivity contribution < 1.29 is 35.8 Å². The van der Waals surface area contributed by atoms with Crippen LogP contribution in [0.4, 0.5) is 0 Å². The van der Waals surface area contributed by atoms with Crippen molar-refractivity contribution in [3.8, 4) is 17.6 Å². The molecule has 0 unspecified atom stereocenters. The van der Waals surface area contributed by atoms with Crippen LogP contribution in [0.1, 0.15) is 36.8 Å². The number of carbonyl (C=O) groups excluding carboxylic acids is 1. The fourth-order valence-corrected chi connectivity index (χ4v) is 2.97. The molecule has 1 heterocycles. The lowest BCUT2D eigenvalue weighted by Gasteiger charge is -2.10. The Kier molecular flexibility index (Phi) is 12.9. The van der Waals surface area contributed by atoms with Crippen LogP contribution in [0.25, 0.3) is 0 Å². The third-order valence-corrected chi connectivity index (χ3v) is 5.05. The Morgan fingerprint density at radius 1 is 1.11 bits per heavy atom. The van der Waals surface area contributed by atoms with E-state index in [9.17, 15) is 21.6 Å². The Morgan fingerprint density at radius 2 is 1.75 bits per heavy atom. The van der Waals surface area contributed by atoms with E-state index < -0.39 is 26.4 Å². The van der Waals surface area contributed by atoms with Gasteiger partial charge in [0.2, 0.25) is 10.0 Å². The van der Waals surface area contributed by atoms with Gasteiger partial charge in [0.05, 0.1) is 30.3 Å². The maximum absolute atomic E-state index is 11.8. The molecule has 11 nitrogen and oxygen atoms in total. The van der Waals surface area contributed by atoms with Crippen LogP contribution in [0.2, 0.25) is 0 Å². The molecule has 0 aliphatic rings. The van der Waals surface area contributed by atoms with Crippen molar-refractivity contribution >= 4 is 26.4 Å². The topological polar surface area (TPSA) is 164 Å². The number of hydrogen-bond acceptors (Lipinski definition) is 9. The monoisotopic (exact) mass is 539 g/mol. The number of carbonyl (C=O) groups is 1. The summed E-state index contributed by atoms with van der Waals surface area (Å²) in [7, 11) is -4.76. The fraction of sp³-hybridized carbons (Fsp3) is 0.391. The number of nitrogens with zero attached hydrogens (tertiary/aromatic N) is 2. The molecule has 13 heteroatoms. The Balaban J connectivity index is 0.000000537. The molecule has 1 amide bonds. The van der Waals surface area contributed by atoms with E-state index in [4.69, 9.17) is 19.3 Å². The number of methoxy groups -OCH3 is 1. The molecule has 1 aromatic carbocycles. The van der Waals surface area contributed by atoms with Gasteiger partial charge in [0.15, 0.2) is 11.4 Å². The molecule has 2 rings (SSSR count). The number of rotatable bonds is 9. The van der Waals surface area contributed by atoms with Crippen molar-refractivity contribution in [1.82, 2.24) is 4.98 Å². The third kappa shape index (κ3) is 13.1. The second kappa shape index (κ2) is 15.1. The van der Waals surface area contributed by atoms with Crippen LogP contribution in [0.15, 0.2) is 51.9 Å². The summed E-state index contributed by atoms with van der Waals surface area (Å²) in [5.41, 5.74) is 0.0910. The summed E-state index contributed by atoms with van der Waals surface area (Å²) in [6.45, 7) is 7.27. The first-order chi connectivity index (χ1) is 16.8. The molecule has 0 radical (unpaired) electrons. The number of amides is 1. The van der Waals surface area contributed by atoms with Gasteiger partial charge < -0.3 is 14.2 Å². The number of primary sulfonamides is 1. The van der Waals surface area contributed by atoms with E-state index in [-0.39, 0.29) is 28.2 Å². The number of nitrogens with two attached hydrogens (primary N) is 1. The smallest absolute Gasteiger partial charge is 0.319 e. The lowest BCUT2D eigenvalue weighted by Crippen LogP contribution is -2.11. The van der Waals surface area contributed by atoms with Gasteiger partial charge in [-0.2, -0.15) is 8.42 Å². The normalized spacial score (nSPS) is 10.8. The van der Waals surface area contributed by atoms with E-state index in [1.165, 1.54) is 24.4 Å². The molecule has 0 aliphatic carbocycles. The zero-order valence-corrected chi connectivity index (χ0v) is 22.1. The first kappa shape index (κ1) is 30.9. The maximum Gasteiger partial charge on any atom is 0.319 e. The summed E-state index contributed by atoms with van der Waals surface area (Å²) in [6.07, 6.45) is 1.22. The van der Waals surface area contributed by atoms with Crippen LogP contribution in [-0.4, -0.2) is 61.3 Å². The zero-order chi connectivity index (χ0) is 27.2. The van der Waals surface area contributed by atoms with Crippen LogP contribution in [0, 0.1) is 17.3 Å². The summed E-state index contributed by atoms with van der Waals surface area (Å²) in [5, 5.41) is 4.83. The van der Waals surface area contributed by atoms with Gasteiger partial charge in [-0.25, -0.2) is 18.5 Å². The SMILES string of the molecule is COCCOCCOc1cc(C(=O)N=S(=O)=O)cnc1C#CC(C)(C)C.NS(=O)(=O)c1ccccc1. The van der Waals surface area contributed by atoms with Crippen molar-refractivity contribution in [2.24, 2.45) is 14.9 Å². The lowest BCUT2D eigenvalue weighted by atomic mass is 9.98. The van der Waals surface area contributed by atoms with Crippen molar-refractivity contribution in [3.63, 3.8) is 0 Å². The van der Waals surface area contributed by atoms with Crippen molar-refractivity contribution in [1.29, 1.82) is 0 Å². The summed E-state index contributed by atoms with van der Waals surface area (Å²) in [5.74, 6) is 5.27. The number of pyridine rings is 1. The minimum atomic E-state index is -3.50. The van der Waals surface area contributed by atoms with Gasteiger partial charge in [-0.15, -0.1) is 0 Å². The van der Waals surface area contributed by atoms with E-state index in [0.717, 1.165) is 0 Å². The number of benzene rings is 1. The van der Waals surface area contributed by atoms with E-state index >= 15 is 0 Å². The summed E-state index contributed by atoms with van der Waals surface area (Å²) in [4.78, 5) is 16.0. The minimum absolute atomic E-state index is 0.00851. The molecule has 0 saturated carbocycles. The summed E-state index contributed by atoms with van der Waals surface area (Å²) >= 11 is 0. The molecular formula is C23H29N3O8S2. The van der Waals surface area contributed by atoms with Crippen LogP contribution in [-0.2, 0) is 30.0 Å². The van der Waals surface area contributed by atoms with Crippen LogP contribution >= 0.6 is 0 Å². The molecule has 36 heavy (non-hydrogen) atoms. The Bertz CT molecular complexity index is 1300. The van der Waals surface area contributed by atoms with E-state index in [1.807, 2.05) is 20.8 Å². The first-order valence-electron chi connectivity index (χ1n) is 10.5. The Morgan fingerprint density at radius 3 is 2.28 bits per heavy atom. The van der Waals surface area contributed by atoms with Crippen molar-refractivity contribution in [2.75, 3.05) is 33.5 Å². The summed E-state index contributed by atoms with van der Waals surface area (Å²) in [6, 6.07) is 9.26. The van der Waals surface area contributed by atoms with Crippen LogP contribution < -0.4 is 9.88 Å². The molecule has 0 aliphatic heterocycles. The lowest BCUT2D eigenvalue weighted by molar-refractivity contribution is 0.0543. The molecule has 0 fully saturated rings. The molecule has 1 aromatic heterocycles. The molecule has 0 bridgehead atoms. The van der Waals surface area contributed by atoms with Crippen molar-refractivity contribution in [2.45, 2.75) is 25.7 Å². The molecule has 2 N–H and O–H groups in total. The van der Waals surface area contributed by atoms with Gasteiger partial charge in [-0.1, -0.05) is 28.5 Å². The number of sulfonamides is 1. The molecule has 0 spiro atoms. The van der Waals surface area contributed by atoms with Gasteiger partial charge in [0.25, 0.3) is 5.91 Å². The molecule has 0 saturated heterocycles. The highest BCUT2D eigenvalue weighted by molar-refractivity contribution is 7.89. The van der Waals surface area contributed by atoms with E-state index in [0.29, 0.717) is 25.5 Å². The Hall–Kier alpha value is -3.15. The largest absolute Gasteiger partial charge is 0.488 e. The number of hydrogen-bond donors (Lipinski definition) is 1. The number of ether oxygens (including phenoxy) is 3. The van der Waals surface area contributed by atoms with Gasteiger partial charge >= 0.3 is 10.5 Å². The van der Waals surface area contributed by atoms with Gasteiger partial charge in [-0.3, -0.25) is 4.79 Å². The van der Waals surface area contributed by atoms with Crippen LogP contribution in [0.3, 0.4) is 0 Å². The molecular weight excluding hydrogens is 510 g/mol. The number of aromatic nitrogens is 1. The molecule has 196 valence electrons. The molecule has 0 atom stereocenters. The second-order valence-corrected chi connectivity index (χ2v) is 10.2. The molecule has 2 aromatic rings. The fourth-order valence-electron chi connectivity index (χ4n) is 2.20. The first-order valence-corrected chi connectivity index (χ1v) is 13.1. The minimum Gasteiger partial charge on any atom is -0.488 e. The second-order valence-electron chi connectivity index (χ2n) is 8.00. The summed E-state index contributed by atoms with van der Waals surface area (Å²) < 4.78 is 61.1. The average molecular weight is 540 g/mol. The maximum atomic E-state index is 11.8. The highest BCUT2D eigenvalue weighted by Crippen LogP contribution is 2.19. The van der Waals surface area contributed by atoms with Crippen molar-refractivity contribution in [3.05, 3.63) is 53.9 Å². The van der Waals surface area contributed by atoms with E-state index in [1.54, 1.807) is 25.3 Å². The quantitative estimate of drug-likeness (QED) is 0.371. The van der Waals surface area contributed by atoms with Gasteiger partial charge in [0, 0.05) is 18.7 Å². The Labute approximate surface area is 212 Å². The predicted molar refractivity (Wildman–Crippen MR) is 132 cm³/mol. The predicted octanol–water partition coefficient (Wildman–Crippen LogP) is 2.06. The third-order valence-electron chi connectivity index (χ3n) is 3.80. The van der Waals surface area contributed by atoms with Gasteiger partial charge in [-0.05, 0) is 44.9 Å². The highest BCUT2D eigenvalue weighted by Gasteiger charge is 2.12. The van der Waals surface area contributed by atoms with Gasteiger partial charge in [0.1, 0.15) is 6.61 Å². The van der Waals surface area contributed by atoms with Crippen LogP contribution in [0.5, 0.6) is 5.75 Å². The standard InChI is InChI=1S/C17H22N2O6S.C6H7NO2S/c1-17(2,3)6-5-14-15(25-10-9-24-8-7-23-4)11-13(12-18-14)16(20)19-26(21)22;7-10(8,9)6-4-2-1-3-5-6/h11-12H,7-10H2,1-4H3;1-5H,(H2,7,8,9). The zero-order valence-electron chi connectivity index (χ0n) is 20.4.